The summed E-state index contributed by atoms with van der Waals surface area (Å²) in [5.41, 5.74) is 11.6. The molecule has 0 aromatic heterocycles. The van der Waals surface area contributed by atoms with Crippen LogP contribution in [0, 0.1) is 6.92 Å². The van der Waals surface area contributed by atoms with E-state index in [1.807, 2.05) is 6.92 Å². The molecule has 4 N–H and O–H groups in total. The van der Waals surface area contributed by atoms with E-state index in [-0.39, 0.29) is 21.6 Å². The van der Waals surface area contributed by atoms with Crippen LogP contribution in [0.4, 0.5) is 0 Å². The van der Waals surface area contributed by atoms with Gasteiger partial charge in [0.05, 0.1) is 5.02 Å². The number of benzene rings is 2. The normalized spacial score (nSPS) is 11.7. The third-order valence-electron chi connectivity index (χ3n) is 3.17. The minimum Gasteiger partial charge on any atom is -0.379 e. The zero-order chi connectivity index (χ0) is 19.9. The van der Waals surface area contributed by atoms with Gasteiger partial charge in [-0.2, -0.15) is 13.9 Å². The van der Waals surface area contributed by atoms with Crippen molar-refractivity contribution >= 4 is 27.7 Å². The highest BCUT2D eigenvalue weighted by Gasteiger charge is 2.20. The summed E-state index contributed by atoms with van der Waals surface area (Å²) in [4.78, 5) is 5.20. The zero-order valence-electron chi connectivity index (χ0n) is 14.9. The van der Waals surface area contributed by atoms with Crippen LogP contribution in [-0.4, -0.2) is 20.9 Å². The van der Waals surface area contributed by atoms with E-state index in [0.717, 1.165) is 12.0 Å². The summed E-state index contributed by atoms with van der Waals surface area (Å²) < 4.78 is 30.1. The number of hydrogen-bond acceptors (Lipinski definition) is 6. The van der Waals surface area contributed by atoms with Crippen molar-refractivity contribution in [2.45, 2.75) is 25.2 Å². The van der Waals surface area contributed by atoms with E-state index < -0.39 is 10.1 Å². The number of nitrogens with zero attached hydrogens (tertiary/aromatic N) is 1. The average Bonchev–Trinajstić information content (AvgIpc) is 2.59. The molecule has 0 aliphatic rings. The third-order valence-corrected chi connectivity index (χ3v) is 4.92. The minimum atomic E-state index is -4.09. The molecule has 0 heterocycles. The number of aryl methyl sites for hydroxylation is 1. The maximum absolute atomic E-state index is 12.4. The molecule has 0 fully saturated rings. The highest BCUT2D eigenvalue weighted by molar-refractivity contribution is 7.87. The second-order valence-electron chi connectivity index (χ2n) is 5.56. The maximum atomic E-state index is 12.4. The van der Waals surface area contributed by atoms with Gasteiger partial charge in [0.1, 0.15) is 10.6 Å². The maximum Gasteiger partial charge on any atom is 0.340 e. The molecule has 0 atom stereocenters. The van der Waals surface area contributed by atoms with Gasteiger partial charge in [-0.05, 0) is 43.2 Å². The van der Waals surface area contributed by atoms with Crippen molar-refractivity contribution in [2.75, 3.05) is 6.54 Å². The van der Waals surface area contributed by atoms with Gasteiger partial charge in [-0.15, -0.1) is 5.10 Å². The standard InChI is InChI=1S/C17H21ClN4O4S/c1-3-8-20-21-17(19)22-25-13-9-12(2)10-14(11-13)26-27(23,24)16-7-5-4-6-15(16)18/h4-7,9-11,20H,3,8H2,1-2H3,(H3,19,21,22). The van der Waals surface area contributed by atoms with Crippen molar-refractivity contribution in [3.63, 3.8) is 0 Å². The smallest absolute Gasteiger partial charge is 0.340 e. The van der Waals surface area contributed by atoms with E-state index in [0.29, 0.717) is 12.3 Å². The fourth-order valence-electron chi connectivity index (χ4n) is 2.03. The number of hydroxylamine groups is 1. The van der Waals surface area contributed by atoms with Crippen LogP contribution in [0.5, 0.6) is 11.5 Å². The lowest BCUT2D eigenvalue weighted by atomic mass is 10.2. The van der Waals surface area contributed by atoms with Crippen LogP contribution >= 0.6 is 11.6 Å². The van der Waals surface area contributed by atoms with Crippen molar-refractivity contribution in [3.8, 4) is 11.5 Å². The van der Waals surface area contributed by atoms with E-state index in [4.69, 9.17) is 26.4 Å². The fourth-order valence-corrected chi connectivity index (χ4v) is 3.44. The Morgan fingerprint density at radius 1 is 1.22 bits per heavy atom. The molecule has 0 saturated carbocycles. The van der Waals surface area contributed by atoms with Crippen LogP contribution in [-0.2, 0) is 10.1 Å². The summed E-state index contributed by atoms with van der Waals surface area (Å²) in [6.07, 6.45) is 0.899. The molecule has 0 aliphatic heterocycles. The van der Waals surface area contributed by atoms with Gasteiger partial charge in [-0.3, -0.25) is 0 Å². The Hall–Kier alpha value is -2.65. The van der Waals surface area contributed by atoms with Crippen molar-refractivity contribution in [1.29, 1.82) is 0 Å². The first kappa shape index (κ1) is 20.7. The average molecular weight is 413 g/mol. The first-order chi connectivity index (χ1) is 12.8. The lowest BCUT2D eigenvalue weighted by molar-refractivity contribution is 0.258. The van der Waals surface area contributed by atoms with Crippen LogP contribution in [0.3, 0.4) is 0 Å². The van der Waals surface area contributed by atoms with Crippen LogP contribution in [0.15, 0.2) is 52.5 Å². The molecule has 2 aromatic carbocycles. The molecule has 27 heavy (non-hydrogen) atoms. The molecule has 0 unspecified atom stereocenters. The van der Waals surface area contributed by atoms with Crippen LogP contribution in [0.1, 0.15) is 18.9 Å². The number of guanidine groups is 1. The molecule has 0 bridgehead atoms. The highest BCUT2D eigenvalue weighted by atomic mass is 35.5. The Morgan fingerprint density at radius 2 is 1.93 bits per heavy atom. The number of nitrogens with two attached hydrogens (primary N) is 1. The molecular weight excluding hydrogens is 392 g/mol. The number of hydrogen-bond donors (Lipinski definition) is 3. The van der Waals surface area contributed by atoms with Crippen LogP contribution in [0.25, 0.3) is 0 Å². The molecule has 0 saturated heterocycles. The lowest BCUT2D eigenvalue weighted by Crippen LogP contribution is -2.36. The number of nitrogens with one attached hydrogen (secondary N) is 2. The summed E-state index contributed by atoms with van der Waals surface area (Å²) >= 11 is 5.95. The molecule has 2 rings (SSSR count). The summed E-state index contributed by atoms with van der Waals surface area (Å²) in [7, 11) is -4.09. The summed E-state index contributed by atoms with van der Waals surface area (Å²) in [6.45, 7) is 4.43. The predicted molar refractivity (Wildman–Crippen MR) is 104 cm³/mol. The van der Waals surface area contributed by atoms with E-state index >= 15 is 0 Å². The lowest BCUT2D eigenvalue weighted by Gasteiger charge is -2.12. The van der Waals surface area contributed by atoms with E-state index in [9.17, 15) is 8.42 Å². The SMILES string of the molecule is CCCN/N=C(\N)NOc1cc(C)cc(OS(=O)(=O)c2ccccc2Cl)c1. The van der Waals surface area contributed by atoms with Crippen molar-refractivity contribution in [3.05, 3.63) is 53.1 Å². The van der Waals surface area contributed by atoms with Crippen molar-refractivity contribution in [1.82, 2.24) is 10.9 Å². The number of rotatable bonds is 8. The van der Waals surface area contributed by atoms with Crippen molar-refractivity contribution < 1.29 is 17.4 Å². The highest BCUT2D eigenvalue weighted by Crippen LogP contribution is 2.28. The van der Waals surface area contributed by atoms with Crippen LogP contribution in [0.2, 0.25) is 5.02 Å². The molecule has 0 amide bonds. The summed E-state index contributed by atoms with van der Waals surface area (Å²) in [6, 6.07) is 10.7. The first-order valence-electron chi connectivity index (χ1n) is 8.11. The fraction of sp³-hybridized carbons (Fsp3) is 0.235. The monoisotopic (exact) mass is 412 g/mol. The Kier molecular flexibility index (Phi) is 7.14. The largest absolute Gasteiger partial charge is 0.379 e. The molecule has 0 aliphatic carbocycles. The molecule has 8 nitrogen and oxygen atoms in total. The van der Waals surface area contributed by atoms with Gasteiger partial charge in [0.15, 0.2) is 5.75 Å². The zero-order valence-corrected chi connectivity index (χ0v) is 16.5. The van der Waals surface area contributed by atoms with Crippen molar-refractivity contribution in [2.24, 2.45) is 10.8 Å². The topological polar surface area (TPSA) is 115 Å². The van der Waals surface area contributed by atoms with E-state index in [1.165, 1.54) is 18.2 Å². The van der Waals surface area contributed by atoms with Gasteiger partial charge in [-0.1, -0.05) is 30.7 Å². The van der Waals surface area contributed by atoms with Gasteiger partial charge >= 0.3 is 10.1 Å². The van der Waals surface area contributed by atoms with Gasteiger partial charge in [-0.25, -0.2) is 0 Å². The van der Waals surface area contributed by atoms with Gasteiger partial charge in [0, 0.05) is 12.6 Å². The van der Waals surface area contributed by atoms with E-state index in [2.05, 4.69) is 16.0 Å². The third kappa shape index (κ3) is 6.22. The summed E-state index contributed by atoms with van der Waals surface area (Å²) in [5.74, 6) is 0.399. The number of hydrazone groups is 1. The predicted octanol–water partition coefficient (Wildman–Crippen LogP) is 2.53. The molecular formula is C17H21ClN4O4S. The molecule has 0 spiro atoms. The quantitative estimate of drug-likeness (QED) is 0.200. The molecule has 0 radical (unpaired) electrons. The van der Waals surface area contributed by atoms with Crippen LogP contribution < -0.4 is 25.7 Å². The Labute approximate surface area is 163 Å². The van der Waals surface area contributed by atoms with E-state index in [1.54, 1.807) is 31.2 Å². The van der Waals surface area contributed by atoms with Gasteiger partial charge in [0.25, 0.3) is 0 Å². The number of halogens is 1. The Morgan fingerprint density at radius 3 is 2.63 bits per heavy atom. The molecule has 146 valence electrons. The Bertz CT molecular complexity index is 919. The summed E-state index contributed by atoms with van der Waals surface area (Å²) in [5, 5.41) is 3.92. The molecule has 10 heteroatoms. The second kappa shape index (κ2) is 9.33. The Balaban J connectivity index is 2.13. The van der Waals surface area contributed by atoms with Gasteiger partial charge < -0.3 is 20.2 Å². The minimum absolute atomic E-state index is 0.0242. The first-order valence-corrected chi connectivity index (χ1v) is 9.90. The second-order valence-corrected chi connectivity index (χ2v) is 7.48. The van der Waals surface area contributed by atoms with Gasteiger partial charge in [0.2, 0.25) is 5.96 Å². The molecule has 2 aromatic rings.